The van der Waals surface area contributed by atoms with E-state index < -0.39 is 0 Å². The Bertz CT molecular complexity index is 2500. The van der Waals surface area contributed by atoms with E-state index in [1.54, 1.807) is 23.5 Å². The van der Waals surface area contributed by atoms with Gasteiger partial charge in [-0.25, -0.2) is 0 Å². The third kappa shape index (κ3) is 4.86. The molecule has 0 atom stereocenters. The van der Waals surface area contributed by atoms with Gasteiger partial charge in [-0.2, -0.15) is 0 Å². The fourth-order valence-corrected chi connectivity index (χ4v) is 8.59. The molecule has 0 N–H and O–H groups in total. The second-order valence-corrected chi connectivity index (χ2v) is 14.4. The lowest BCUT2D eigenvalue weighted by atomic mass is 9.98. The van der Waals surface area contributed by atoms with Gasteiger partial charge < -0.3 is 18.8 Å². The molecular weight excluding hydrogens is 666 g/mol. The molecule has 8 aromatic rings. The van der Waals surface area contributed by atoms with Crippen LogP contribution in [0.4, 0.5) is 17.1 Å². The minimum Gasteiger partial charge on any atom is -0.455 e. The summed E-state index contributed by atoms with van der Waals surface area (Å²) in [6.07, 6.45) is 0. The lowest BCUT2D eigenvalue weighted by Crippen LogP contribution is -2.11. The van der Waals surface area contributed by atoms with Crippen LogP contribution in [0.15, 0.2) is 170 Å². The topological polar surface area (TPSA) is 34.8 Å². The summed E-state index contributed by atoms with van der Waals surface area (Å²) >= 11 is 9.74. The highest BCUT2D eigenvalue weighted by Crippen LogP contribution is 2.53. The molecule has 0 bridgehead atoms. The van der Waals surface area contributed by atoms with Crippen LogP contribution in [0.3, 0.4) is 0 Å². The van der Waals surface area contributed by atoms with Crippen LogP contribution in [-0.4, -0.2) is 0 Å². The number of halogens is 1. The molecule has 0 aliphatic carbocycles. The first kappa shape index (κ1) is 28.7. The molecule has 10 rings (SSSR count). The number of nitrogens with zero attached hydrogens (tertiary/aromatic N) is 1. The van der Waals surface area contributed by atoms with Crippen LogP contribution in [0.25, 0.3) is 33.1 Å². The molecule has 234 valence electrons. The number of ether oxygens (including phenoxy) is 2. The summed E-state index contributed by atoms with van der Waals surface area (Å²) in [6, 6.07) is 49.6. The van der Waals surface area contributed by atoms with Crippen molar-refractivity contribution in [3.63, 3.8) is 0 Å². The monoisotopic (exact) mass is 689 g/mol. The van der Waals surface area contributed by atoms with Crippen molar-refractivity contribution in [2.75, 3.05) is 4.90 Å². The van der Waals surface area contributed by atoms with E-state index in [0.717, 1.165) is 92.7 Å². The van der Waals surface area contributed by atoms with Crippen LogP contribution >= 0.6 is 35.1 Å². The van der Waals surface area contributed by atoms with Gasteiger partial charge in [0.1, 0.15) is 28.6 Å². The summed E-state index contributed by atoms with van der Waals surface area (Å²) in [7, 11) is 0. The van der Waals surface area contributed by atoms with Crippen molar-refractivity contribution in [3.8, 4) is 34.1 Å². The van der Waals surface area contributed by atoms with Crippen molar-refractivity contribution in [3.05, 3.63) is 151 Å². The minimum absolute atomic E-state index is 0.700. The minimum atomic E-state index is 0.700. The summed E-state index contributed by atoms with van der Waals surface area (Å²) in [5, 5.41) is 2.79. The number of fused-ring (bicyclic) bond motifs is 7. The van der Waals surface area contributed by atoms with Crippen LogP contribution in [0.5, 0.6) is 23.0 Å². The van der Waals surface area contributed by atoms with E-state index in [0.29, 0.717) is 5.02 Å². The maximum Gasteiger partial charge on any atom is 0.160 e. The largest absolute Gasteiger partial charge is 0.455 e. The molecule has 2 aliphatic heterocycles. The van der Waals surface area contributed by atoms with Gasteiger partial charge in [0, 0.05) is 27.9 Å². The summed E-state index contributed by atoms with van der Waals surface area (Å²) in [6.45, 7) is 0. The van der Waals surface area contributed by atoms with E-state index in [2.05, 4.69) is 89.8 Å². The highest BCUT2D eigenvalue weighted by atomic mass is 35.5. The molecule has 0 radical (unpaired) electrons. The number of hydrogen-bond donors (Lipinski definition) is 0. The van der Waals surface area contributed by atoms with Gasteiger partial charge in [-0.3, -0.25) is 0 Å². The number of para-hydroxylation sites is 3. The Morgan fingerprint density at radius 3 is 1.73 bits per heavy atom. The van der Waals surface area contributed by atoms with Crippen molar-refractivity contribution in [2.24, 2.45) is 0 Å². The molecule has 3 heterocycles. The summed E-state index contributed by atoms with van der Waals surface area (Å²) in [4.78, 5) is 6.57. The smallest absolute Gasteiger partial charge is 0.160 e. The van der Waals surface area contributed by atoms with Gasteiger partial charge in [-0.15, -0.1) is 0 Å². The quantitative estimate of drug-likeness (QED) is 0.183. The Kier molecular flexibility index (Phi) is 6.69. The van der Waals surface area contributed by atoms with Gasteiger partial charge in [-0.05, 0) is 83.9 Å². The van der Waals surface area contributed by atoms with E-state index >= 15 is 0 Å². The Labute approximate surface area is 295 Å². The van der Waals surface area contributed by atoms with Crippen LogP contribution in [0.1, 0.15) is 0 Å². The van der Waals surface area contributed by atoms with E-state index in [1.807, 2.05) is 60.7 Å². The molecule has 4 nitrogen and oxygen atoms in total. The molecule has 7 heteroatoms. The fraction of sp³-hybridized carbons (Fsp3) is 0. The van der Waals surface area contributed by atoms with Crippen molar-refractivity contribution in [1.82, 2.24) is 0 Å². The van der Waals surface area contributed by atoms with Gasteiger partial charge in [0.2, 0.25) is 0 Å². The molecule has 0 saturated heterocycles. The highest BCUT2D eigenvalue weighted by Gasteiger charge is 2.26. The lowest BCUT2D eigenvalue weighted by Gasteiger charge is -2.29. The van der Waals surface area contributed by atoms with Gasteiger partial charge in [-0.1, -0.05) is 95.8 Å². The van der Waals surface area contributed by atoms with Crippen LogP contribution in [0, 0.1) is 0 Å². The predicted octanol–water partition coefficient (Wildman–Crippen LogP) is 13.9. The maximum absolute atomic E-state index is 6.77. The number of benzene rings is 7. The maximum atomic E-state index is 6.77. The number of hydrogen-bond acceptors (Lipinski definition) is 6. The zero-order valence-electron chi connectivity index (χ0n) is 25.7. The molecule has 0 amide bonds. The second-order valence-electron chi connectivity index (χ2n) is 11.8. The van der Waals surface area contributed by atoms with Crippen LogP contribution < -0.4 is 14.4 Å². The Morgan fingerprint density at radius 1 is 0.510 bits per heavy atom. The molecule has 0 unspecified atom stereocenters. The molecule has 7 aromatic carbocycles. The Balaban J connectivity index is 1.19. The van der Waals surface area contributed by atoms with Gasteiger partial charge >= 0.3 is 0 Å². The van der Waals surface area contributed by atoms with Gasteiger partial charge in [0.25, 0.3) is 0 Å². The van der Waals surface area contributed by atoms with Crippen molar-refractivity contribution in [1.29, 1.82) is 0 Å². The first-order chi connectivity index (χ1) is 24.2. The van der Waals surface area contributed by atoms with Crippen molar-refractivity contribution in [2.45, 2.75) is 19.6 Å². The highest BCUT2D eigenvalue weighted by molar-refractivity contribution is 7.99. The van der Waals surface area contributed by atoms with Gasteiger partial charge in [0.15, 0.2) is 5.58 Å². The number of rotatable bonds is 4. The standard InChI is InChI=1S/C42H24ClNO3S2/c43-26-15-13-25(14-16-26)29-19-20-31(42-41(29)30-7-1-2-8-32(30)47-42)44(27-17-21-39-35(23-27)45-33-9-3-5-11-37(33)48-39)28-18-22-40-36(24-28)46-34-10-4-6-12-38(34)49-40/h1-24H. The lowest BCUT2D eigenvalue weighted by molar-refractivity contribution is 0.454. The average Bonchev–Trinajstić information content (AvgIpc) is 3.54. The van der Waals surface area contributed by atoms with Gasteiger partial charge in [0.05, 0.1) is 36.6 Å². The van der Waals surface area contributed by atoms with Crippen molar-refractivity contribution >= 4 is 74.1 Å². The molecule has 0 fully saturated rings. The normalized spacial score (nSPS) is 12.8. The Hall–Kier alpha value is -5.27. The van der Waals surface area contributed by atoms with E-state index in [-0.39, 0.29) is 0 Å². The SMILES string of the molecule is Clc1ccc(-c2ccc(N(c3ccc4c(c3)Oc3ccccc3S4)c3ccc4c(c3)Oc3ccccc3S4)c3oc4ccccc4c23)cc1. The van der Waals surface area contributed by atoms with Crippen LogP contribution in [0.2, 0.25) is 5.02 Å². The predicted molar refractivity (Wildman–Crippen MR) is 200 cm³/mol. The molecular formula is C42H24ClNO3S2. The first-order valence-corrected chi connectivity index (χ1v) is 17.9. The molecule has 2 aliphatic rings. The number of furan rings is 1. The third-order valence-electron chi connectivity index (χ3n) is 8.85. The summed E-state index contributed by atoms with van der Waals surface area (Å²) < 4.78 is 19.7. The zero-order chi connectivity index (χ0) is 32.5. The van der Waals surface area contributed by atoms with E-state index in [9.17, 15) is 0 Å². The van der Waals surface area contributed by atoms with E-state index in [4.69, 9.17) is 25.5 Å². The zero-order valence-corrected chi connectivity index (χ0v) is 28.1. The number of anilines is 3. The molecule has 0 saturated carbocycles. The summed E-state index contributed by atoms with van der Waals surface area (Å²) in [5.41, 5.74) is 6.51. The van der Waals surface area contributed by atoms with E-state index in [1.165, 1.54) is 0 Å². The average molecular weight is 690 g/mol. The fourth-order valence-electron chi connectivity index (χ4n) is 6.60. The first-order valence-electron chi connectivity index (χ1n) is 15.8. The van der Waals surface area contributed by atoms with Crippen LogP contribution in [-0.2, 0) is 0 Å². The molecule has 49 heavy (non-hydrogen) atoms. The Morgan fingerprint density at radius 2 is 1.08 bits per heavy atom. The third-order valence-corrected chi connectivity index (χ3v) is 11.3. The van der Waals surface area contributed by atoms with Crippen molar-refractivity contribution < 1.29 is 13.9 Å². The summed E-state index contributed by atoms with van der Waals surface area (Å²) in [5.74, 6) is 3.33. The second kappa shape index (κ2) is 11.4. The molecule has 1 aromatic heterocycles. The molecule has 0 spiro atoms.